The Kier molecular flexibility index (Phi) is 6.97. The van der Waals surface area contributed by atoms with Gasteiger partial charge in [-0.2, -0.15) is 0 Å². The zero-order valence-electron chi connectivity index (χ0n) is 14.8. The lowest BCUT2D eigenvalue weighted by Crippen LogP contribution is -2.27. The Bertz CT molecular complexity index is 795. The second-order valence-electron chi connectivity index (χ2n) is 5.77. The van der Waals surface area contributed by atoms with Crippen molar-refractivity contribution in [2.45, 2.75) is 26.7 Å². The highest BCUT2D eigenvalue weighted by atomic mass is 35.5. The highest BCUT2D eigenvalue weighted by Crippen LogP contribution is 2.23. The summed E-state index contributed by atoms with van der Waals surface area (Å²) >= 11 is 6.02. The Morgan fingerprint density at radius 1 is 1.23 bits per heavy atom. The Hall–Kier alpha value is -2.60. The van der Waals surface area contributed by atoms with Crippen molar-refractivity contribution in [3.8, 4) is 0 Å². The topological polar surface area (TPSA) is 82.5 Å². The van der Waals surface area contributed by atoms with Gasteiger partial charge in [-0.3, -0.25) is 4.79 Å². The van der Waals surface area contributed by atoms with E-state index >= 15 is 0 Å². The molecule has 2 aromatic rings. The molecule has 0 aliphatic carbocycles. The number of nitrogens with one attached hydrogen (secondary N) is 1. The summed E-state index contributed by atoms with van der Waals surface area (Å²) in [5, 5.41) is 12.5. The minimum absolute atomic E-state index is 0.0555. The number of rotatable bonds is 8. The number of carbonyl (C=O) groups is 2. The molecule has 6 nitrogen and oxygen atoms in total. The third-order valence-electron chi connectivity index (χ3n) is 3.94. The van der Waals surface area contributed by atoms with Gasteiger partial charge in [-0.1, -0.05) is 37.1 Å². The highest BCUT2D eigenvalue weighted by molar-refractivity contribution is 6.34. The molecule has 1 amide bonds. The SMILES string of the molecule is CCCCN(CC)c1ncc(NC(=O)c2ccccc2Cl)cc1C(=O)O. The Morgan fingerprint density at radius 3 is 2.58 bits per heavy atom. The minimum Gasteiger partial charge on any atom is -0.478 e. The largest absolute Gasteiger partial charge is 0.478 e. The van der Waals surface area contributed by atoms with Crippen LogP contribution in [0.15, 0.2) is 36.5 Å². The van der Waals surface area contributed by atoms with Crippen molar-refractivity contribution in [3.05, 3.63) is 52.7 Å². The van der Waals surface area contributed by atoms with Crippen molar-refractivity contribution in [2.24, 2.45) is 0 Å². The molecule has 0 unspecified atom stereocenters. The van der Waals surface area contributed by atoms with Crippen LogP contribution in [0.3, 0.4) is 0 Å². The lowest BCUT2D eigenvalue weighted by Gasteiger charge is -2.23. The van der Waals surface area contributed by atoms with Crippen LogP contribution in [0.25, 0.3) is 0 Å². The number of amides is 1. The normalized spacial score (nSPS) is 10.4. The van der Waals surface area contributed by atoms with Gasteiger partial charge in [0.05, 0.1) is 22.5 Å². The Labute approximate surface area is 157 Å². The number of aromatic nitrogens is 1. The van der Waals surface area contributed by atoms with Crippen molar-refractivity contribution in [3.63, 3.8) is 0 Å². The van der Waals surface area contributed by atoms with Crippen molar-refractivity contribution in [2.75, 3.05) is 23.3 Å². The van der Waals surface area contributed by atoms with Crippen LogP contribution >= 0.6 is 11.6 Å². The summed E-state index contributed by atoms with van der Waals surface area (Å²) in [5.74, 6) is -1.10. The molecule has 0 aliphatic rings. The first-order valence-electron chi connectivity index (χ1n) is 8.52. The van der Waals surface area contributed by atoms with E-state index in [-0.39, 0.29) is 5.56 Å². The van der Waals surface area contributed by atoms with Crippen LogP contribution in [0.5, 0.6) is 0 Å². The molecule has 138 valence electrons. The zero-order chi connectivity index (χ0) is 19.1. The molecule has 0 aliphatic heterocycles. The molecule has 1 aromatic heterocycles. The van der Waals surface area contributed by atoms with Gasteiger partial charge in [-0.15, -0.1) is 0 Å². The number of aromatic carboxylic acids is 1. The highest BCUT2D eigenvalue weighted by Gasteiger charge is 2.18. The number of pyridine rings is 1. The smallest absolute Gasteiger partial charge is 0.339 e. The lowest BCUT2D eigenvalue weighted by atomic mass is 10.2. The molecule has 0 saturated heterocycles. The predicted octanol–water partition coefficient (Wildman–Crippen LogP) is 4.31. The molecule has 26 heavy (non-hydrogen) atoms. The first-order chi connectivity index (χ1) is 12.5. The quantitative estimate of drug-likeness (QED) is 0.718. The molecule has 0 fully saturated rings. The van der Waals surface area contributed by atoms with Crippen molar-refractivity contribution < 1.29 is 14.7 Å². The molecule has 0 atom stereocenters. The third kappa shape index (κ3) is 4.73. The first-order valence-corrected chi connectivity index (χ1v) is 8.89. The van der Waals surface area contributed by atoms with Gasteiger partial charge in [0.1, 0.15) is 11.4 Å². The van der Waals surface area contributed by atoms with E-state index < -0.39 is 11.9 Å². The predicted molar refractivity (Wildman–Crippen MR) is 103 cm³/mol. The number of nitrogens with zero attached hydrogens (tertiary/aromatic N) is 2. The van der Waals surface area contributed by atoms with Crippen molar-refractivity contribution >= 4 is 35.0 Å². The second-order valence-corrected chi connectivity index (χ2v) is 6.17. The van der Waals surface area contributed by atoms with Gasteiger partial charge in [0, 0.05) is 13.1 Å². The molecule has 0 spiro atoms. The summed E-state index contributed by atoms with van der Waals surface area (Å²) in [4.78, 5) is 30.2. The number of hydrogen-bond acceptors (Lipinski definition) is 4. The summed E-state index contributed by atoms with van der Waals surface area (Å²) in [6.45, 7) is 5.41. The maximum atomic E-state index is 12.4. The van der Waals surface area contributed by atoms with E-state index in [9.17, 15) is 14.7 Å². The number of carboxylic acids is 1. The average Bonchev–Trinajstić information content (AvgIpc) is 2.63. The summed E-state index contributed by atoms with van der Waals surface area (Å²) < 4.78 is 0. The molecular weight excluding hydrogens is 354 g/mol. The van der Waals surface area contributed by atoms with Gasteiger partial charge in [-0.25, -0.2) is 9.78 Å². The third-order valence-corrected chi connectivity index (χ3v) is 4.27. The van der Waals surface area contributed by atoms with Gasteiger partial charge in [0.15, 0.2) is 0 Å². The van der Waals surface area contributed by atoms with Gasteiger partial charge in [0.25, 0.3) is 5.91 Å². The zero-order valence-corrected chi connectivity index (χ0v) is 15.6. The van der Waals surface area contributed by atoms with E-state index in [1.807, 2.05) is 11.8 Å². The van der Waals surface area contributed by atoms with E-state index in [4.69, 9.17) is 11.6 Å². The van der Waals surface area contributed by atoms with E-state index in [1.54, 1.807) is 24.3 Å². The van der Waals surface area contributed by atoms with Gasteiger partial charge >= 0.3 is 5.97 Å². The number of unbranched alkanes of at least 4 members (excludes halogenated alkanes) is 1. The number of benzene rings is 1. The molecule has 0 saturated carbocycles. The van der Waals surface area contributed by atoms with Crippen molar-refractivity contribution in [1.82, 2.24) is 4.98 Å². The fourth-order valence-electron chi connectivity index (χ4n) is 2.54. The molecular formula is C19H22ClN3O3. The van der Waals surface area contributed by atoms with Crippen LogP contribution in [0.1, 0.15) is 47.4 Å². The lowest BCUT2D eigenvalue weighted by molar-refractivity contribution is 0.0696. The molecule has 2 rings (SSSR count). The Balaban J connectivity index is 2.29. The molecule has 7 heteroatoms. The molecule has 1 heterocycles. The molecule has 1 aromatic carbocycles. The maximum absolute atomic E-state index is 12.4. The van der Waals surface area contributed by atoms with Crippen molar-refractivity contribution in [1.29, 1.82) is 0 Å². The number of anilines is 2. The van der Waals surface area contributed by atoms with Crippen LogP contribution < -0.4 is 10.2 Å². The van der Waals surface area contributed by atoms with Gasteiger partial charge in [0.2, 0.25) is 0 Å². The van der Waals surface area contributed by atoms with E-state index in [2.05, 4.69) is 17.2 Å². The van der Waals surface area contributed by atoms with Gasteiger partial charge < -0.3 is 15.3 Å². The molecule has 0 bridgehead atoms. The van der Waals surface area contributed by atoms with Crippen LogP contribution in [0.4, 0.5) is 11.5 Å². The number of carbonyl (C=O) groups excluding carboxylic acids is 1. The van der Waals surface area contributed by atoms with Crippen LogP contribution in [0.2, 0.25) is 5.02 Å². The maximum Gasteiger partial charge on any atom is 0.339 e. The number of hydrogen-bond donors (Lipinski definition) is 2. The summed E-state index contributed by atoms with van der Waals surface area (Å²) in [5.41, 5.74) is 0.677. The monoisotopic (exact) mass is 375 g/mol. The van der Waals surface area contributed by atoms with E-state index in [0.29, 0.717) is 28.6 Å². The molecule has 2 N–H and O–H groups in total. The van der Waals surface area contributed by atoms with Crippen LogP contribution in [-0.4, -0.2) is 35.1 Å². The number of halogens is 1. The first kappa shape index (κ1) is 19.7. The minimum atomic E-state index is -1.09. The summed E-state index contributed by atoms with van der Waals surface area (Å²) in [6, 6.07) is 8.08. The second kappa shape index (κ2) is 9.20. The average molecular weight is 376 g/mol. The standard InChI is InChI=1S/C19H22ClN3O3/c1-3-5-10-23(4-2)17-15(19(25)26)11-13(12-21-17)22-18(24)14-8-6-7-9-16(14)20/h6-9,11-12H,3-5,10H2,1-2H3,(H,22,24)(H,25,26). The fraction of sp³-hybridized carbons (Fsp3) is 0.316. The van der Waals surface area contributed by atoms with E-state index in [1.165, 1.54) is 12.3 Å². The Morgan fingerprint density at radius 2 is 1.96 bits per heavy atom. The van der Waals surface area contributed by atoms with E-state index in [0.717, 1.165) is 19.4 Å². The number of carboxylic acid groups (broad SMARTS) is 1. The van der Waals surface area contributed by atoms with Gasteiger partial charge in [-0.05, 0) is 31.5 Å². The molecule has 0 radical (unpaired) electrons. The fourth-order valence-corrected chi connectivity index (χ4v) is 2.76. The summed E-state index contributed by atoms with van der Waals surface area (Å²) in [7, 11) is 0. The van der Waals surface area contributed by atoms with Crippen LogP contribution in [0, 0.1) is 0 Å². The van der Waals surface area contributed by atoms with Crippen LogP contribution in [-0.2, 0) is 0 Å². The summed E-state index contributed by atoms with van der Waals surface area (Å²) in [6.07, 6.45) is 3.41.